The summed E-state index contributed by atoms with van der Waals surface area (Å²) in [6, 6.07) is 0. The highest BCUT2D eigenvalue weighted by atomic mass is 16.4. The van der Waals surface area contributed by atoms with Crippen molar-refractivity contribution in [2.45, 2.75) is 33.1 Å². The van der Waals surface area contributed by atoms with Crippen LogP contribution in [-0.4, -0.2) is 48.1 Å². The van der Waals surface area contributed by atoms with E-state index in [4.69, 9.17) is 5.11 Å². The van der Waals surface area contributed by atoms with E-state index in [1.807, 2.05) is 4.90 Å². The largest absolute Gasteiger partial charge is 0.481 e. The number of unbranched alkanes of at least 4 members (excludes halogenated alkanes) is 1. The van der Waals surface area contributed by atoms with Gasteiger partial charge in [-0.2, -0.15) is 0 Å². The fraction of sp³-hybridized carbons (Fsp3) is 0.833. The molecule has 17 heavy (non-hydrogen) atoms. The predicted molar refractivity (Wildman–Crippen MR) is 64.7 cm³/mol. The van der Waals surface area contributed by atoms with Gasteiger partial charge >= 0.3 is 5.97 Å². The smallest absolute Gasteiger partial charge is 0.310 e. The Morgan fingerprint density at radius 2 is 2.18 bits per heavy atom. The van der Waals surface area contributed by atoms with Gasteiger partial charge in [-0.15, -0.1) is 0 Å². The number of hydrogen-bond donors (Lipinski definition) is 2. The van der Waals surface area contributed by atoms with E-state index in [0.29, 0.717) is 32.6 Å². The number of rotatable bonds is 6. The molecule has 98 valence electrons. The number of carbonyl (C=O) groups is 2. The van der Waals surface area contributed by atoms with Crippen molar-refractivity contribution < 1.29 is 14.7 Å². The summed E-state index contributed by atoms with van der Waals surface area (Å²) in [4.78, 5) is 24.5. The van der Waals surface area contributed by atoms with Gasteiger partial charge in [0.25, 0.3) is 0 Å². The van der Waals surface area contributed by atoms with Crippen LogP contribution < -0.4 is 5.32 Å². The Balaban J connectivity index is 2.30. The third-order valence-corrected chi connectivity index (χ3v) is 3.29. The van der Waals surface area contributed by atoms with Gasteiger partial charge in [0.1, 0.15) is 0 Å². The molecule has 0 bridgehead atoms. The molecule has 0 aliphatic carbocycles. The van der Waals surface area contributed by atoms with Gasteiger partial charge in [-0.25, -0.2) is 0 Å². The van der Waals surface area contributed by atoms with E-state index in [0.717, 1.165) is 12.8 Å². The maximum absolute atomic E-state index is 11.6. The van der Waals surface area contributed by atoms with Crippen molar-refractivity contribution in [1.29, 1.82) is 0 Å². The van der Waals surface area contributed by atoms with Crippen LogP contribution in [0.1, 0.15) is 33.1 Å². The number of aliphatic carboxylic acids is 1. The molecule has 1 aliphatic heterocycles. The summed E-state index contributed by atoms with van der Waals surface area (Å²) in [6.07, 6.45) is 2.66. The van der Waals surface area contributed by atoms with Gasteiger partial charge in [-0.1, -0.05) is 13.3 Å². The summed E-state index contributed by atoms with van der Waals surface area (Å²) in [5.74, 6) is -0.778. The standard InChI is InChI=1S/C12H22N2O3/c1-3-4-6-13-10(15)8-14-7-5-12(2,9-14)11(16)17/h3-9H2,1-2H3,(H,13,15)(H,16,17). The van der Waals surface area contributed by atoms with Crippen LogP contribution in [0.2, 0.25) is 0 Å². The van der Waals surface area contributed by atoms with Gasteiger partial charge in [0.05, 0.1) is 12.0 Å². The van der Waals surface area contributed by atoms with Crippen molar-refractivity contribution >= 4 is 11.9 Å². The van der Waals surface area contributed by atoms with E-state index in [1.165, 1.54) is 0 Å². The fourth-order valence-corrected chi connectivity index (χ4v) is 2.03. The zero-order valence-corrected chi connectivity index (χ0v) is 10.7. The topological polar surface area (TPSA) is 69.6 Å². The Hall–Kier alpha value is -1.10. The molecule has 0 aromatic carbocycles. The van der Waals surface area contributed by atoms with Gasteiger partial charge < -0.3 is 10.4 Å². The van der Waals surface area contributed by atoms with Gasteiger partial charge in [0.15, 0.2) is 0 Å². The Morgan fingerprint density at radius 1 is 1.47 bits per heavy atom. The summed E-state index contributed by atoms with van der Waals surface area (Å²) in [6.45, 7) is 5.98. The molecule has 0 saturated carbocycles. The van der Waals surface area contributed by atoms with Crippen LogP contribution >= 0.6 is 0 Å². The normalized spacial score (nSPS) is 24.8. The van der Waals surface area contributed by atoms with Crippen molar-refractivity contribution in [1.82, 2.24) is 10.2 Å². The van der Waals surface area contributed by atoms with Gasteiger partial charge in [-0.05, 0) is 26.3 Å². The van der Waals surface area contributed by atoms with Crippen LogP contribution in [-0.2, 0) is 9.59 Å². The fourth-order valence-electron chi connectivity index (χ4n) is 2.03. The molecule has 5 heteroatoms. The van der Waals surface area contributed by atoms with E-state index in [9.17, 15) is 9.59 Å². The zero-order chi connectivity index (χ0) is 12.9. The molecule has 0 radical (unpaired) electrons. The average Bonchev–Trinajstić information content (AvgIpc) is 2.62. The molecule has 0 spiro atoms. The molecule has 1 fully saturated rings. The lowest BCUT2D eigenvalue weighted by Crippen LogP contribution is -2.38. The van der Waals surface area contributed by atoms with E-state index in [-0.39, 0.29) is 5.91 Å². The number of hydrogen-bond acceptors (Lipinski definition) is 3. The number of nitrogens with zero attached hydrogens (tertiary/aromatic N) is 1. The number of amides is 1. The van der Waals surface area contributed by atoms with Gasteiger partial charge in [0.2, 0.25) is 5.91 Å². The summed E-state index contributed by atoms with van der Waals surface area (Å²) in [5.41, 5.74) is -0.691. The Bertz CT molecular complexity index is 293. The van der Waals surface area contributed by atoms with Crippen molar-refractivity contribution in [3.63, 3.8) is 0 Å². The third-order valence-electron chi connectivity index (χ3n) is 3.29. The highest BCUT2D eigenvalue weighted by Crippen LogP contribution is 2.29. The Kier molecular flexibility index (Phi) is 4.93. The predicted octanol–water partition coefficient (Wildman–Crippen LogP) is 0.699. The van der Waals surface area contributed by atoms with Crippen LogP contribution in [0.3, 0.4) is 0 Å². The van der Waals surface area contributed by atoms with Crippen LogP contribution in [0.25, 0.3) is 0 Å². The molecule has 1 atom stereocenters. The van der Waals surface area contributed by atoms with E-state index in [2.05, 4.69) is 12.2 Å². The summed E-state index contributed by atoms with van der Waals surface area (Å²) >= 11 is 0. The second-order valence-electron chi connectivity index (χ2n) is 5.03. The van der Waals surface area contributed by atoms with E-state index in [1.54, 1.807) is 6.92 Å². The first-order valence-electron chi connectivity index (χ1n) is 6.20. The summed E-state index contributed by atoms with van der Waals surface area (Å²) in [5, 5.41) is 11.9. The molecule has 1 saturated heterocycles. The number of nitrogens with one attached hydrogen (secondary N) is 1. The Morgan fingerprint density at radius 3 is 2.71 bits per heavy atom. The SMILES string of the molecule is CCCCNC(=O)CN1CCC(C)(C(=O)O)C1. The summed E-state index contributed by atoms with van der Waals surface area (Å²) in [7, 11) is 0. The van der Waals surface area contributed by atoms with Gasteiger partial charge in [-0.3, -0.25) is 14.5 Å². The van der Waals surface area contributed by atoms with Crippen LogP contribution in [0.15, 0.2) is 0 Å². The van der Waals surface area contributed by atoms with Crippen LogP contribution in [0.4, 0.5) is 0 Å². The van der Waals surface area contributed by atoms with Crippen molar-refractivity contribution in [3.8, 4) is 0 Å². The van der Waals surface area contributed by atoms with Crippen molar-refractivity contribution in [2.75, 3.05) is 26.2 Å². The molecular formula is C12H22N2O3. The Labute approximate surface area is 102 Å². The monoisotopic (exact) mass is 242 g/mol. The maximum Gasteiger partial charge on any atom is 0.310 e. The van der Waals surface area contributed by atoms with Crippen LogP contribution in [0, 0.1) is 5.41 Å². The highest BCUT2D eigenvalue weighted by molar-refractivity contribution is 5.78. The second-order valence-corrected chi connectivity index (χ2v) is 5.03. The average molecular weight is 242 g/mol. The maximum atomic E-state index is 11.6. The molecule has 1 rings (SSSR count). The highest BCUT2D eigenvalue weighted by Gasteiger charge is 2.40. The molecule has 2 N–H and O–H groups in total. The van der Waals surface area contributed by atoms with E-state index < -0.39 is 11.4 Å². The van der Waals surface area contributed by atoms with Crippen LogP contribution in [0.5, 0.6) is 0 Å². The number of carboxylic acids is 1. The lowest BCUT2D eigenvalue weighted by atomic mass is 9.90. The number of carboxylic acid groups (broad SMARTS) is 1. The molecule has 1 heterocycles. The second kappa shape index (κ2) is 6.00. The lowest BCUT2D eigenvalue weighted by molar-refractivity contribution is -0.147. The molecular weight excluding hydrogens is 220 g/mol. The molecule has 5 nitrogen and oxygen atoms in total. The molecule has 0 aromatic rings. The van der Waals surface area contributed by atoms with Crippen molar-refractivity contribution in [3.05, 3.63) is 0 Å². The summed E-state index contributed by atoms with van der Waals surface area (Å²) < 4.78 is 0. The minimum absolute atomic E-state index is 0.00640. The quantitative estimate of drug-likeness (QED) is 0.673. The zero-order valence-electron chi connectivity index (χ0n) is 10.7. The molecule has 0 aromatic heterocycles. The minimum atomic E-state index is -0.772. The first kappa shape index (κ1) is 14.0. The molecule has 1 unspecified atom stereocenters. The molecule has 1 aliphatic rings. The third kappa shape index (κ3) is 4.00. The minimum Gasteiger partial charge on any atom is -0.481 e. The molecule has 1 amide bonds. The lowest BCUT2D eigenvalue weighted by Gasteiger charge is -2.19. The number of carbonyl (C=O) groups excluding carboxylic acids is 1. The van der Waals surface area contributed by atoms with E-state index >= 15 is 0 Å². The number of likely N-dealkylation sites (tertiary alicyclic amines) is 1. The first-order valence-corrected chi connectivity index (χ1v) is 6.20. The first-order chi connectivity index (χ1) is 7.98. The van der Waals surface area contributed by atoms with Crippen molar-refractivity contribution in [2.24, 2.45) is 5.41 Å². The van der Waals surface area contributed by atoms with Gasteiger partial charge in [0, 0.05) is 13.1 Å².